The lowest BCUT2D eigenvalue weighted by molar-refractivity contribution is -0.115. The van der Waals surface area contributed by atoms with Crippen LogP contribution in [0.25, 0.3) is 22.3 Å². The van der Waals surface area contributed by atoms with Gasteiger partial charge in [0.25, 0.3) is 0 Å². The second-order valence-corrected chi connectivity index (χ2v) is 6.83. The van der Waals surface area contributed by atoms with Crippen molar-refractivity contribution < 1.29 is 23.4 Å². The highest BCUT2D eigenvalue weighted by atomic mass is 19.4. The Kier molecular flexibility index (Phi) is 4.96. The molecule has 3 aromatic rings. The molecule has 0 unspecified atom stereocenters. The Morgan fingerprint density at radius 1 is 1.17 bits per heavy atom. The van der Waals surface area contributed by atoms with Gasteiger partial charge in [0.2, 0.25) is 0 Å². The summed E-state index contributed by atoms with van der Waals surface area (Å²) < 4.78 is 37.9. The van der Waals surface area contributed by atoms with Gasteiger partial charge in [-0.3, -0.25) is 5.10 Å². The van der Waals surface area contributed by atoms with E-state index in [9.17, 15) is 23.4 Å². The van der Waals surface area contributed by atoms with Crippen LogP contribution in [-0.2, 0) is 0 Å². The number of rotatable bonds is 4. The number of aliphatic hydroxyl groups excluding tert-OH is 2. The van der Waals surface area contributed by atoms with Gasteiger partial charge in [-0.25, -0.2) is 15.0 Å². The molecule has 12 heteroatoms. The Morgan fingerprint density at radius 2 is 1.93 bits per heavy atom. The number of β-amino-alcohol motifs (C(OH)–C–C–N with tert-alkyl or cyclic N) is 2. The maximum absolute atomic E-state index is 12.6. The molecule has 154 valence electrons. The number of nitrogens with zero attached hydrogens (tertiary/aromatic N) is 5. The first-order chi connectivity index (χ1) is 13.8. The molecule has 0 aliphatic carbocycles. The summed E-state index contributed by atoms with van der Waals surface area (Å²) in [4.78, 5) is 14.1. The average molecular weight is 409 g/mol. The van der Waals surface area contributed by atoms with Crippen LogP contribution in [0.4, 0.5) is 24.8 Å². The van der Waals surface area contributed by atoms with E-state index in [2.05, 4.69) is 30.5 Å². The van der Waals surface area contributed by atoms with E-state index in [0.29, 0.717) is 47.6 Å². The molecule has 1 saturated heterocycles. The molecular formula is C17H18F3N7O2. The molecule has 0 bridgehead atoms. The maximum Gasteiger partial charge on any atom is 0.405 e. The van der Waals surface area contributed by atoms with Gasteiger partial charge in [0.05, 0.1) is 28.8 Å². The van der Waals surface area contributed by atoms with E-state index in [0.717, 1.165) is 0 Å². The summed E-state index contributed by atoms with van der Waals surface area (Å²) in [6, 6.07) is 3.21. The molecule has 9 nitrogen and oxygen atoms in total. The summed E-state index contributed by atoms with van der Waals surface area (Å²) in [6.45, 7) is -0.633. The quantitative estimate of drug-likeness (QED) is 0.509. The molecule has 0 saturated carbocycles. The Bertz CT molecular complexity index is 1000. The highest BCUT2D eigenvalue weighted by molar-refractivity contribution is 5.99. The summed E-state index contributed by atoms with van der Waals surface area (Å²) in [6.07, 6.45) is -2.80. The van der Waals surface area contributed by atoms with E-state index in [1.54, 1.807) is 17.0 Å². The minimum Gasteiger partial charge on any atom is -0.391 e. The standard InChI is InChI=1S/C17H18F3N7O2/c18-17(19,20)7-22-16-14-11(1-2-21-16)25-26-15(14)12-4-13(24-8-23-12)27-5-9(28)3-10(29)6-27/h1-2,4,8-10,28-29H,3,5-7H2,(H,21,22)(H,25,26)/t9-,10+. The topological polar surface area (TPSA) is 123 Å². The number of hydrogen-bond donors (Lipinski definition) is 4. The van der Waals surface area contributed by atoms with Crippen molar-refractivity contribution in [1.29, 1.82) is 0 Å². The van der Waals surface area contributed by atoms with E-state index in [1.165, 1.54) is 12.5 Å². The van der Waals surface area contributed by atoms with Gasteiger partial charge < -0.3 is 20.4 Å². The monoisotopic (exact) mass is 409 g/mol. The van der Waals surface area contributed by atoms with Crippen LogP contribution in [0.1, 0.15) is 6.42 Å². The molecule has 29 heavy (non-hydrogen) atoms. The van der Waals surface area contributed by atoms with Gasteiger partial charge in [0.1, 0.15) is 30.2 Å². The Hall–Kier alpha value is -2.99. The van der Waals surface area contributed by atoms with Gasteiger partial charge in [-0.05, 0) is 6.07 Å². The van der Waals surface area contributed by atoms with E-state index < -0.39 is 24.9 Å². The molecule has 1 aliphatic heterocycles. The third-order valence-corrected chi connectivity index (χ3v) is 4.56. The van der Waals surface area contributed by atoms with Crippen molar-refractivity contribution in [3.8, 4) is 11.4 Å². The lowest BCUT2D eigenvalue weighted by Gasteiger charge is -2.34. The highest BCUT2D eigenvalue weighted by Gasteiger charge is 2.28. The van der Waals surface area contributed by atoms with Crippen molar-refractivity contribution in [2.75, 3.05) is 29.9 Å². The van der Waals surface area contributed by atoms with Crippen LogP contribution in [0.5, 0.6) is 0 Å². The number of piperidine rings is 1. The highest BCUT2D eigenvalue weighted by Crippen LogP contribution is 2.31. The number of anilines is 2. The molecule has 0 amide bonds. The number of fused-ring (bicyclic) bond motifs is 1. The molecule has 0 radical (unpaired) electrons. The van der Waals surface area contributed by atoms with Crippen molar-refractivity contribution >= 4 is 22.5 Å². The second-order valence-electron chi connectivity index (χ2n) is 6.83. The number of aromatic amines is 1. The predicted molar refractivity (Wildman–Crippen MR) is 98.3 cm³/mol. The van der Waals surface area contributed by atoms with E-state index in [-0.39, 0.29) is 5.82 Å². The smallest absolute Gasteiger partial charge is 0.391 e. The number of aromatic nitrogens is 5. The van der Waals surface area contributed by atoms with E-state index in [4.69, 9.17) is 0 Å². The third kappa shape index (κ3) is 4.22. The number of pyridine rings is 1. The van der Waals surface area contributed by atoms with Gasteiger partial charge in [-0.1, -0.05) is 0 Å². The van der Waals surface area contributed by atoms with Crippen LogP contribution in [0, 0.1) is 0 Å². The van der Waals surface area contributed by atoms with Gasteiger partial charge in [-0.2, -0.15) is 18.3 Å². The van der Waals surface area contributed by atoms with Gasteiger partial charge in [0, 0.05) is 31.8 Å². The van der Waals surface area contributed by atoms with Gasteiger partial charge >= 0.3 is 6.18 Å². The summed E-state index contributed by atoms with van der Waals surface area (Å²) in [7, 11) is 0. The lowest BCUT2D eigenvalue weighted by Crippen LogP contribution is -2.46. The minimum atomic E-state index is -4.40. The molecule has 4 heterocycles. The Morgan fingerprint density at radius 3 is 2.66 bits per heavy atom. The zero-order valence-electron chi connectivity index (χ0n) is 15.1. The number of hydrogen-bond acceptors (Lipinski definition) is 8. The van der Waals surface area contributed by atoms with Crippen LogP contribution in [0.3, 0.4) is 0 Å². The number of H-pyrrole nitrogens is 1. The van der Waals surface area contributed by atoms with Crippen LogP contribution in [0.2, 0.25) is 0 Å². The van der Waals surface area contributed by atoms with Crippen molar-refractivity contribution in [1.82, 2.24) is 25.1 Å². The Labute approximate surface area is 162 Å². The van der Waals surface area contributed by atoms with Crippen molar-refractivity contribution in [3.05, 3.63) is 24.7 Å². The van der Waals surface area contributed by atoms with Crippen LogP contribution in [0.15, 0.2) is 24.7 Å². The summed E-state index contributed by atoms with van der Waals surface area (Å²) in [5, 5.41) is 29.4. The maximum atomic E-state index is 12.6. The molecule has 1 aliphatic rings. The summed E-state index contributed by atoms with van der Waals surface area (Å²) >= 11 is 0. The number of halogens is 3. The van der Waals surface area contributed by atoms with Crippen LogP contribution < -0.4 is 10.2 Å². The third-order valence-electron chi connectivity index (χ3n) is 4.56. The zero-order valence-corrected chi connectivity index (χ0v) is 15.1. The second kappa shape index (κ2) is 7.44. The van der Waals surface area contributed by atoms with Gasteiger partial charge in [0.15, 0.2) is 0 Å². The first-order valence-electron chi connectivity index (χ1n) is 8.87. The normalized spacial score (nSPS) is 20.2. The van der Waals surface area contributed by atoms with Gasteiger partial charge in [-0.15, -0.1) is 0 Å². The molecule has 4 rings (SSSR count). The fourth-order valence-electron chi connectivity index (χ4n) is 3.35. The largest absolute Gasteiger partial charge is 0.405 e. The first kappa shape index (κ1) is 19.3. The van der Waals surface area contributed by atoms with Crippen LogP contribution in [-0.4, -0.2) is 73.4 Å². The zero-order chi connectivity index (χ0) is 20.6. The molecule has 1 fully saturated rings. The minimum absolute atomic E-state index is 0.0348. The van der Waals surface area contributed by atoms with Crippen LogP contribution >= 0.6 is 0 Å². The summed E-state index contributed by atoms with van der Waals surface area (Å²) in [5.74, 6) is 0.505. The lowest BCUT2D eigenvalue weighted by atomic mass is 10.1. The molecule has 0 aromatic carbocycles. The Balaban J connectivity index is 1.70. The molecule has 4 N–H and O–H groups in total. The number of alkyl halides is 3. The molecule has 2 atom stereocenters. The SMILES string of the molecule is O[C@@H]1C[C@H](O)CN(c2cc(-c3n[nH]c4ccnc(NCC(F)(F)F)c34)ncn2)C1. The average Bonchev–Trinajstić information content (AvgIpc) is 3.10. The molecular weight excluding hydrogens is 391 g/mol. The molecule has 3 aromatic heterocycles. The molecule has 0 spiro atoms. The fourth-order valence-corrected chi connectivity index (χ4v) is 3.35. The number of aliphatic hydroxyl groups is 2. The van der Waals surface area contributed by atoms with Crippen molar-refractivity contribution in [2.24, 2.45) is 0 Å². The van der Waals surface area contributed by atoms with Crippen molar-refractivity contribution in [3.63, 3.8) is 0 Å². The summed E-state index contributed by atoms with van der Waals surface area (Å²) in [5.41, 5.74) is 1.20. The predicted octanol–water partition coefficient (Wildman–Crippen LogP) is 1.32. The van der Waals surface area contributed by atoms with Crippen molar-refractivity contribution in [2.45, 2.75) is 24.8 Å². The first-order valence-corrected chi connectivity index (χ1v) is 8.87. The van der Waals surface area contributed by atoms with E-state index >= 15 is 0 Å². The fraction of sp³-hybridized carbons (Fsp3) is 0.412. The number of nitrogens with one attached hydrogen (secondary N) is 2. The van der Waals surface area contributed by atoms with E-state index in [1.807, 2.05) is 0 Å².